The van der Waals surface area contributed by atoms with Crippen molar-refractivity contribution in [3.8, 4) is 0 Å². The number of quaternary nitrogens is 2. The van der Waals surface area contributed by atoms with Crippen molar-refractivity contribution in [2.24, 2.45) is 0 Å². The van der Waals surface area contributed by atoms with Gasteiger partial charge < -0.3 is 19.9 Å². The highest BCUT2D eigenvalue weighted by atomic mass is 16.0. The van der Waals surface area contributed by atoms with E-state index in [1.54, 1.807) is 0 Å². The van der Waals surface area contributed by atoms with Gasteiger partial charge in [-0.2, -0.15) is 0 Å². The van der Waals surface area contributed by atoms with E-state index in [4.69, 9.17) is 0 Å². The van der Waals surface area contributed by atoms with Crippen molar-refractivity contribution in [1.82, 2.24) is 0 Å². The summed E-state index contributed by atoms with van der Waals surface area (Å²) in [5, 5.41) is 0. The van der Waals surface area contributed by atoms with E-state index in [2.05, 4.69) is 56.1 Å². The van der Waals surface area contributed by atoms with E-state index >= 15 is 0 Å². The summed E-state index contributed by atoms with van der Waals surface area (Å²) < 4.78 is 2.25. The van der Waals surface area contributed by atoms with Gasteiger partial charge in [0.25, 0.3) is 0 Å². The highest BCUT2D eigenvalue weighted by molar-refractivity contribution is 4.51. The average molecular weight is 659 g/mol. The van der Waals surface area contributed by atoms with Gasteiger partial charge in [0.2, 0.25) is 0 Å². The minimum Gasteiger partial charge on any atom is -0.870 e. The first kappa shape index (κ1) is 52.6. The van der Waals surface area contributed by atoms with Gasteiger partial charge in [0, 0.05) is 0 Å². The van der Waals surface area contributed by atoms with Crippen LogP contribution in [0.3, 0.4) is 0 Å². The number of nitrogens with zero attached hydrogens (tertiary/aromatic N) is 2. The molecule has 0 spiro atoms. The predicted octanol–water partition coefficient (Wildman–Crippen LogP) is 13.6. The second kappa shape index (κ2) is 41.0. The zero-order chi connectivity index (χ0) is 33.0. The van der Waals surface area contributed by atoms with Crippen molar-refractivity contribution in [2.75, 3.05) is 55.4 Å². The smallest absolute Gasteiger partial charge is 0.0780 e. The molecule has 0 saturated carbocycles. The van der Waals surface area contributed by atoms with E-state index in [-0.39, 0.29) is 11.0 Å². The highest BCUT2D eigenvalue weighted by Crippen LogP contribution is 2.15. The van der Waals surface area contributed by atoms with E-state index < -0.39 is 0 Å². The molecule has 0 aromatic rings. The van der Waals surface area contributed by atoms with Gasteiger partial charge in [-0.3, -0.25) is 0 Å². The normalized spacial score (nSPS) is 11.5. The van der Waals surface area contributed by atoms with Crippen molar-refractivity contribution >= 4 is 0 Å². The number of rotatable bonds is 34. The molecular weight excluding hydrogens is 564 g/mol. The largest absolute Gasteiger partial charge is 0.870 e. The van der Waals surface area contributed by atoms with Crippen LogP contribution in [-0.4, -0.2) is 75.3 Å². The van der Waals surface area contributed by atoms with E-state index in [1.807, 2.05) is 0 Å². The lowest BCUT2D eigenvalue weighted by Crippen LogP contribution is -2.35. The Morgan fingerprint density at radius 3 is 0.478 bits per heavy atom. The average Bonchev–Trinajstić information content (AvgIpc) is 2.96. The molecule has 0 rings (SSSR count). The molecule has 0 bridgehead atoms. The lowest BCUT2D eigenvalue weighted by molar-refractivity contribution is -0.870. The van der Waals surface area contributed by atoms with Gasteiger partial charge in [-0.15, -0.1) is 0 Å². The molecule has 0 fully saturated rings. The second-order valence-corrected chi connectivity index (χ2v) is 16.6. The van der Waals surface area contributed by atoms with Crippen molar-refractivity contribution in [2.45, 2.75) is 219 Å². The fraction of sp³-hybridized carbons (Fsp3) is 1.00. The molecule has 0 amide bonds. The fourth-order valence-corrected chi connectivity index (χ4v) is 6.27. The molecule has 0 aromatic carbocycles. The number of hydrogen-bond donors (Lipinski definition) is 0. The predicted molar refractivity (Wildman–Crippen MR) is 209 cm³/mol. The van der Waals surface area contributed by atoms with Gasteiger partial charge in [-0.25, -0.2) is 0 Å². The Hall–Kier alpha value is -0.160. The Morgan fingerprint density at radius 2 is 0.348 bits per heavy atom. The van der Waals surface area contributed by atoms with Gasteiger partial charge >= 0.3 is 0 Å². The van der Waals surface area contributed by atoms with E-state index in [1.165, 1.54) is 219 Å². The van der Waals surface area contributed by atoms with Crippen LogP contribution in [0, 0.1) is 0 Å². The molecule has 0 aliphatic heterocycles. The maximum atomic E-state index is 2.30. The Balaban J connectivity index is -0.000000367. The zero-order valence-corrected chi connectivity index (χ0v) is 33.8. The summed E-state index contributed by atoms with van der Waals surface area (Å²) in [4.78, 5) is 0. The fourth-order valence-electron chi connectivity index (χ4n) is 6.27. The second-order valence-electron chi connectivity index (χ2n) is 16.6. The monoisotopic (exact) mass is 659 g/mol. The van der Waals surface area contributed by atoms with Crippen LogP contribution in [0.1, 0.15) is 219 Å². The van der Waals surface area contributed by atoms with Gasteiger partial charge in [-0.1, -0.05) is 194 Å². The maximum Gasteiger partial charge on any atom is 0.0780 e. The minimum absolute atomic E-state index is 0. The molecule has 0 aromatic heterocycles. The van der Waals surface area contributed by atoms with Crippen LogP contribution in [0.4, 0.5) is 0 Å². The van der Waals surface area contributed by atoms with E-state index in [9.17, 15) is 0 Å². The van der Waals surface area contributed by atoms with Crippen LogP contribution in [0.15, 0.2) is 0 Å². The third-order valence-corrected chi connectivity index (χ3v) is 9.36. The zero-order valence-electron chi connectivity index (χ0n) is 33.8. The van der Waals surface area contributed by atoms with Crippen molar-refractivity contribution < 1.29 is 19.9 Å². The molecule has 4 nitrogen and oxygen atoms in total. The Morgan fingerprint density at radius 1 is 0.217 bits per heavy atom. The summed E-state index contributed by atoms with van der Waals surface area (Å²) in [6.07, 6.45) is 46.7. The van der Waals surface area contributed by atoms with Gasteiger partial charge in [0.15, 0.2) is 0 Å². The Kier molecular flexibility index (Phi) is 46.9. The first-order valence-corrected chi connectivity index (χ1v) is 20.7. The SMILES string of the molecule is CCCCCCCCCCCCCCCCCC[N+](C)(C)C.CCCCCCCCCCCCCCCCCC[N+](C)(C)C.[OH-].[OH-]. The van der Waals surface area contributed by atoms with Crippen LogP contribution in [0.25, 0.3) is 0 Å². The van der Waals surface area contributed by atoms with Crippen LogP contribution >= 0.6 is 0 Å². The van der Waals surface area contributed by atoms with Crippen LogP contribution in [0.5, 0.6) is 0 Å². The summed E-state index contributed by atoms with van der Waals surface area (Å²) in [7, 11) is 13.8. The van der Waals surface area contributed by atoms with Gasteiger partial charge in [-0.05, 0) is 25.7 Å². The molecule has 0 heterocycles. The molecule has 0 atom stereocenters. The first-order chi connectivity index (χ1) is 21.1. The quantitative estimate of drug-likeness (QED) is 0.0510. The van der Waals surface area contributed by atoms with Gasteiger partial charge in [0.05, 0.1) is 55.4 Å². The molecule has 0 aliphatic carbocycles. The Bertz CT molecular complexity index is 467. The first-order valence-electron chi connectivity index (χ1n) is 20.7. The molecule has 0 saturated heterocycles. The highest BCUT2D eigenvalue weighted by Gasteiger charge is 2.06. The molecule has 0 radical (unpaired) electrons. The standard InChI is InChI=1S/2C21H46N.2H2O/c2*1-5-6-7-8-9-10-11-12-13-14-15-16-17-18-19-20-21-22(2,3)4;;/h2*5-21H2,1-4H3;2*1H2/q2*+1;;/p-2. The molecule has 0 unspecified atom stereocenters. The summed E-state index contributed by atoms with van der Waals surface area (Å²) in [5.74, 6) is 0. The van der Waals surface area contributed by atoms with Gasteiger partial charge in [0.1, 0.15) is 0 Å². The summed E-state index contributed by atoms with van der Waals surface area (Å²) in [6.45, 7) is 7.26. The van der Waals surface area contributed by atoms with Crippen molar-refractivity contribution in [1.29, 1.82) is 0 Å². The summed E-state index contributed by atoms with van der Waals surface area (Å²) >= 11 is 0. The van der Waals surface area contributed by atoms with Crippen LogP contribution < -0.4 is 0 Å². The van der Waals surface area contributed by atoms with Crippen molar-refractivity contribution in [3.63, 3.8) is 0 Å². The van der Waals surface area contributed by atoms with E-state index in [0.29, 0.717) is 0 Å². The summed E-state index contributed by atoms with van der Waals surface area (Å²) in [6, 6.07) is 0. The maximum absolute atomic E-state index is 2.30. The molecule has 4 heteroatoms. The van der Waals surface area contributed by atoms with Crippen LogP contribution in [-0.2, 0) is 0 Å². The third-order valence-electron chi connectivity index (χ3n) is 9.36. The lowest BCUT2D eigenvalue weighted by atomic mass is 10.0. The van der Waals surface area contributed by atoms with E-state index in [0.717, 1.165) is 8.97 Å². The molecule has 284 valence electrons. The Labute approximate surface area is 294 Å². The summed E-state index contributed by atoms with van der Waals surface area (Å²) in [5.41, 5.74) is 0. The number of unbranched alkanes of at least 4 members (excludes halogenated alkanes) is 30. The molecule has 2 N–H and O–H groups in total. The number of hydrogen-bond acceptors (Lipinski definition) is 2. The topological polar surface area (TPSA) is 60.0 Å². The molecule has 0 aliphatic rings. The van der Waals surface area contributed by atoms with Crippen molar-refractivity contribution in [3.05, 3.63) is 0 Å². The minimum atomic E-state index is 0. The molecular formula is C42H94N2O2. The lowest BCUT2D eigenvalue weighted by Gasteiger charge is -2.23. The van der Waals surface area contributed by atoms with Crippen LogP contribution in [0.2, 0.25) is 0 Å². The molecule has 46 heavy (non-hydrogen) atoms. The third kappa shape index (κ3) is 56.2.